The van der Waals surface area contributed by atoms with E-state index in [0.29, 0.717) is 30.0 Å². The van der Waals surface area contributed by atoms with Gasteiger partial charge in [-0.2, -0.15) is 0 Å². The van der Waals surface area contributed by atoms with Crippen LogP contribution < -0.4 is 24.8 Å². The number of alkyl carbamates (subject to hydrolysis) is 1. The van der Waals surface area contributed by atoms with Crippen molar-refractivity contribution in [2.45, 2.75) is 114 Å². The maximum Gasteiger partial charge on any atom is 0.408 e. The van der Waals surface area contributed by atoms with Gasteiger partial charge in [0.25, 0.3) is 5.91 Å². The summed E-state index contributed by atoms with van der Waals surface area (Å²) in [5, 5.41) is 6.34. The molecular weight excluding hydrogens is 753 g/mol. The fourth-order valence-corrected chi connectivity index (χ4v) is 9.22. The van der Waals surface area contributed by atoms with E-state index in [0.717, 1.165) is 0 Å². The molecule has 56 heavy (non-hydrogen) atoms. The Kier molecular flexibility index (Phi) is 11.3. The topological polar surface area (TPSA) is 182 Å². The van der Waals surface area contributed by atoms with Crippen LogP contribution in [0.15, 0.2) is 36.5 Å². The molecule has 14 nitrogen and oxygen atoms in total. The van der Waals surface area contributed by atoms with Crippen LogP contribution in [0.3, 0.4) is 0 Å². The number of carbonyl (C=O) groups is 4. The fraction of sp³-hybridized carbons (Fsp3) is 0.615. The van der Waals surface area contributed by atoms with Crippen LogP contribution in [-0.2, 0) is 29.1 Å². The van der Waals surface area contributed by atoms with Crippen LogP contribution in [0.5, 0.6) is 11.6 Å². The number of hydrogen-bond acceptors (Lipinski definition) is 10. The zero-order valence-corrected chi connectivity index (χ0v) is 33.3. The third-order valence-electron chi connectivity index (χ3n) is 11.2. The third-order valence-corrected chi connectivity index (χ3v) is 13.3. The predicted molar refractivity (Wildman–Crippen MR) is 201 cm³/mol. The number of nitrogens with one attached hydrogen (secondary N) is 3. The molecule has 2 saturated carbocycles. The minimum atomic E-state index is -4.41. The van der Waals surface area contributed by atoms with Crippen LogP contribution in [0.25, 0.3) is 10.8 Å². The van der Waals surface area contributed by atoms with E-state index in [2.05, 4.69) is 20.3 Å². The molecule has 1 saturated heterocycles. The summed E-state index contributed by atoms with van der Waals surface area (Å²) in [6.07, 6.45) is 5.35. The smallest absolute Gasteiger partial charge is 0.408 e. The second-order valence-electron chi connectivity index (χ2n) is 16.8. The number of alkyl halides is 1. The molecule has 4 aliphatic rings. The van der Waals surface area contributed by atoms with E-state index in [1.807, 2.05) is 19.9 Å². The Bertz CT molecular complexity index is 2020. The maximum absolute atomic E-state index is 14.7. The van der Waals surface area contributed by atoms with E-state index in [-0.39, 0.29) is 49.8 Å². The number of pyridine rings is 1. The van der Waals surface area contributed by atoms with Gasteiger partial charge in [-0.25, -0.2) is 27.0 Å². The standard InChI is InChI=1S/C39H51F2N5O9S/c1-22-9-7-8-10-24-19-39(24,35(49)45-56(51,52)38(21-40)12-13-38)44-32(47)29-18-26(54-33-28-16-25(41)17-30(53-6)27(28)11-14-42-33)20-46(29)34(48)31(23(2)15-22)43-36(50)55-37(3,4)5/h8,10-11,14,16-17,22-24,26,29,31H,7,9,12-13,15,18-21H2,1-6H3,(H,43,50)(H,44,47)(H,45,49)/b10-8-/t22-,23+,24?,26+,29-,31-,39+/m0/s1. The zero-order valence-electron chi connectivity index (χ0n) is 32.5. The molecule has 3 heterocycles. The van der Waals surface area contributed by atoms with E-state index in [4.69, 9.17) is 14.2 Å². The number of aromatic nitrogens is 1. The van der Waals surface area contributed by atoms with Crippen LogP contribution >= 0.6 is 0 Å². The van der Waals surface area contributed by atoms with Gasteiger partial charge in [-0.3, -0.25) is 19.1 Å². The second-order valence-corrected chi connectivity index (χ2v) is 18.8. The Morgan fingerprint density at radius 2 is 1.86 bits per heavy atom. The molecule has 17 heteroatoms. The van der Waals surface area contributed by atoms with E-state index < -0.39 is 92.2 Å². The lowest BCUT2D eigenvalue weighted by Crippen LogP contribution is -2.59. The van der Waals surface area contributed by atoms with Gasteiger partial charge >= 0.3 is 6.09 Å². The Hall–Kier alpha value is -4.54. The molecule has 1 aromatic carbocycles. The Morgan fingerprint density at radius 3 is 2.52 bits per heavy atom. The van der Waals surface area contributed by atoms with Crippen LogP contribution in [0, 0.1) is 23.6 Å². The highest BCUT2D eigenvalue weighted by atomic mass is 32.2. The molecule has 306 valence electrons. The maximum atomic E-state index is 14.7. The molecule has 0 radical (unpaired) electrons. The molecule has 0 spiro atoms. The van der Waals surface area contributed by atoms with Gasteiger partial charge in [0.1, 0.15) is 52.3 Å². The zero-order chi connectivity index (χ0) is 40.8. The van der Waals surface area contributed by atoms with Gasteiger partial charge in [0.2, 0.25) is 27.7 Å². The van der Waals surface area contributed by atoms with Gasteiger partial charge in [-0.05, 0) is 83.3 Å². The van der Waals surface area contributed by atoms with Crippen LogP contribution in [0.2, 0.25) is 0 Å². The lowest BCUT2D eigenvalue weighted by atomic mass is 9.88. The minimum absolute atomic E-state index is 0.0295. The summed E-state index contributed by atoms with van der Waals surface area (Å²) in [5.74, 6) is -3.58. The molecule has 1 aromatic heterocycles. The SMILES string of the molecule is COc1cc(F)cc2c(O[C@@H]3C[C@H]4C(=O)N[C@]5(C(=O)NS(=O)(=O)C6(CF)CC6)CC5/C=C\CC[C@H](C)C[C@@H](C)[C@H](NC(=O)OC(C)(C)C)C(=O)N4C3)nccc12. The number of fused-ring (bicyclic) bond motifs is 3. The first-order valence-electron chi connectivity index (χ1n) is 19.0. The summed E-state index contributed by atoms with van der Waals surface area (Å²) in [6.45, 7) is 7.63. The summed E-state index contributed by atoms with van der Waals surface area (Å²) < 4.78 is 72.4. The predicted octanol–water partition coefficient (Wildman–Crippen LogP) is 4.46. The van der Waals surface area contributed by atoms with Gasteiger partial charge in [-0.1, -0.05) is 26.0 Å². The molecule has 2 aromatic rings. The van der Waals surface area contributed by atoms with Crippen LogP contribution in [-0.4, -0.2) is 96.5 Å². The van der Waals surface area contributed by atoms with Gasteiger partial charge in [0.15, 0.2) is 0 Å². The number of methoxy groups -OCH3 is 1. The fourth-order valence-electron chi connectivity index (χ4n) is 7.80. The quantitative estimate of drug-likeness (QED) is 0.323. The minimum Gasteiger partial charge on any atom is -0.496 e. The van der Waals surface area contributed by atoms with Crippen LogP contribution in [0.1, 0.15) is 79.6 Å². The number of carbonyl (C=O) groups excluding carboxylic acids is 4. The van der Waals surface area contributed by atoms with E-state index in [1.54, 1.807) is 32.9 Å². The number of amides is 4. The van der Waals surface area contributed by atoms with Gasteiger partial charge in [-0.15, -0.1) is 0 Å². The number of allylic oxidation sites excluding steroid dienone is 1. The van der Waals surface area contributed by atoms with Crippen molar-refractivity contribution in [2.75, 3.05) is 20.3 Å². The highest BCUT2D eigenvalue weighted by molar-refractivity contribution is 7.91. The van der Waals surface area contributed by atoms with Crippen molar-refractivity contribution >= 4 is 44.6 Å². The summed E-state index contributed by atoms with van der Waals surface area (Å²) in [6, 6.07) is 1.69. The Balaban J connectivity index is 1.36. The number of rotatable bonds is 8. The van der Waals surface area contributed by atoms with Crippen molar-refractivity contribution in [3.05, 3.63) is 42.4 Å². The van der Waals surface area contributed by atoms with Gasteiger partial charge in [0.05, 0.1) is 19.0 Å². The lowest BCUT2D eigenvalue weighted by Gasteiger charge is -2.33. The molecule has 3 N–H and O–H groups in total. The number of sulfonamides is 1. The van der Waals surface area contributed by atoms with E-state index in [9.17, 15) is 36.4 Å². The van der Waals surface area contributed by atoms with Crippen molar-refractivity contribution in [1.29, 1.82) is 0 Å². The average molecular weight is 804 g/mol. The van der Waals surface area contributed by atoms with E-state index in [1.165, 1.54) is 30.3 Å². The summed E-state index contributed by atoms with van der Waals surface area (Å²) >= 11 is 0. The Labute approximate surface area is 325 Å². The molecule has 4 amide bonds. The molecule has 2 aliphatic carbocycles. The number of halogens is 2. The number of ether oxygens (including phenoxy) is 3. The second kappa shape index (κ2) is 15.4. The van der Waals surface area contributed by atoms with E-state index >= 15 is 0 Å². The number of hydrogen-bond donors (Lipinski definition) is 3. The molecule has 0 bridgehead atoms. The van der Waals surface area contributed by atoms with Crippen molar-refractivity contribution in [1.82, 2.24) is 25.2 Å². The van der Waals surface area contributed by atoms with Gasteiger partial charge < -0.3 is 29.7 Å². The van der Waals surface area contributed by atoms with Gasteiger partial charge in [0, 0.05) is 30.0 Å². The first-order valence-corrected chi connectivity index (χ1v) is 20.5. The highest BCUT2D eigenvalue weighted by Gasteiger charge is 2.64. The molecular formula is C39H51F2N5O9S. The highest BCUT2D eigenvalue weighted by Crippen LogP contribution is 2.48. The van der Waals surface area contributed by atoms with Crippen molar-refractivity contribution in [3.8, 4) is 11.6 Å². The molecule has 1 unspecified atom stereocenters. The summed E-state index contributed by atoms with van der Waals surface area (Å²) in [4.78, 5) is 61.9. The summed E-state index contributed by atoms with van der Waals surface area (Å²) in [5.41, 5.74) is -2.57. The van der Waals surface area contributed by atoms with Crippen LogP contribution in [0.4, 0.5) is 13.6 Å². The number of benzene rings is 1. The van der Waals surface area contributed by atoms with Crippen molar-refractivity contribution in [2.24, 2.45) is 17.8 Å². The lowest BCUT2D eigenvalue weighted by molar-refractivity contribution is -0.142. The molecule has 2 aliphatic heterocycles. The van der Waals surface area contributed by atoms with Crippen molar-refractivity contribution < 1.29 is 50.6 Å². The number of nitrogens with zero attached hydrogens (tertiary/aromatic N) is 2. The monoisotopic (exact) mass is 803 g/mol. The largest absolute Gasteiger partial charge is 0.496 e. The normalized spacial score (nSPS) is 29.8. The molecule has 3 fully saturated rings. The first kappa shape index (κ1) is 41.1. The third kappa shape index (κ3) is 8.42. The summed E-state index contributed by atoms with van der Waals surface area (Å²) in [7, 11) is -3.01. The Morgan fingerprint density at radius 1 is 1.12 bits per heavy atom. The van der Waals surface area contributed by atoms with Crippen molar-refractivity contribution in [3.63, 3.8) is 0 Å². The molecule has 6 rings (SSSR count). The first-order chi connectivity index (χ1) is 26.3. The average Bonchev–Trinajstić information content (AvgIpc) is 4.02. The molecule has 7 atom stereocenters.